The molecule has 1 aliphatic heterocycles. The molecule has 24 heavy (non-hydrogen) atoms. The molecule has 0 spiro atoms. The third kappa shape index (κ3) is 3.53. The molecule has 1 atom stereocenters. The van der Waals surface area contributed by atoms with E-state index in [0.29, 0.717) is 13.1 Å². The van der Waals surface area contributed by atoms with E-state index in [2.05, 4.69) is 5.32 Å². The molecule has 2 aromatic carbocycles. The van der Waals surface area contributed by atoms with Gasteiger partial charge in [0.1, 0.15) is 17.6 Å². The summed E-state index contributed by atoms with van der Waals surface area (Å²) in [6.07, 6.45) is 0. The Morgan fingerprint density at radius 2 is 2.00 bits per heavy atom. The van der Waals surface area contributed by atoms with Crippen molar-refractivity contribution in [2.24, 2.45) is 0 Å². The first-order chi connectivity index (χ1) is 11.6. The van der Waals surface area contributed by atoms with Crippen LogP contribution in [0.15, 0.2) is 54.6 Å². The number of carbonyl (C=O) groups excluding carboxylic acids is 2. The van der Waals surface area contributed by atoms with Crippen molar-refractivity contribution in [2.45, 2.75) is 6.04 Å². The van der Waals surface area contributed by atoms with Crippen LogP contribution in [0, 0.1) is 5.82 Å². The summed E-state index contributed by atoms with van der Waals surface area (Å²) in [5, 5.41) is 2.77. The third-order valence-corrected chi connectivity index (χ3v) is 3.81. The van der Waals surface area contributed by atoms with Crippen molar-refractivity contribution in [3.05, 3.63) is 66.0 Å². The molecule has 1 aliphatic rings. The fraction of sp³-hybridized carbons (Fsp3) is 0.222. The van der Waals surface area contributed by atoms with Crippen molar-refractivity contribution in [2.75, 3.05) is 19.7 Å². The molecule has 3 rings (SSSR count). The molecular weight excluding hydrogens is 311 g/mol. The Bertz CT molecular complexity index is 736. The van der Waals surface area contributed by atoms with Gasteiger partial charge in [-0.25, -0.2) is 4.39 Å². The number of carbonyl (C=O) groups is 2. The number of nitrogens with zero attached hydrogens (tertiary/aromatic N) is 1. The molecule has 1 N–H and O–H groups in total. The molecule has 2 amide bonds. The SMILES string of the molecule is O=C1NCCN(C(=O)COc2cccc(F)c2)C1c1ccccc1. The van der Waals surface area contributed by atoms with Gasteiger partial charge in [0.15, 0.2) is 6.61 Å². The second kappa shape index (κ2) is 7.12. The smallest absolute Gasteiger partial charge is 0.261 e. The minimum Gasteiger partial charge on any atom is -0.484 e. The van der Waals surface area contributed by atoms with Crippen LogP contribution in [0.25, 0.3) is 0 Å². The van der Waals surface area contributed by atoms with E-state index >= 15 is 0 Å². The summed E-state index contributed by atoms with van der Waals surface area (Å²) >= 11 is 0. The lowest BCUT2D eigenvalue weighted by molar-refractivity contribution is -0.145. The summed E-state index contributed by atoms with van der Waals surface area (Å²) < 4.78 is 18.5. The molecule has 1 heterocycles. The van der Waals surface area contributed by atoms with Crippen LogP contribution in [-0.4, -0.2) is 36.4 Å². The van der Waals surface area contributed by atoms with E-state index in [1.807, 2.05) is 30.3 Å². The van der Waals surface area contributed by atoms with Crippen LogP contribution >= 0.6 is 0 Å². The highest BCUT2D eigenvalue weighted by molar-refractivity contribution is 5.90. The van der Waals surface area contributed by atoms with Gasteiger partial charge in [-0.05, 0) is 17.7 Å². The Labute approximate surface area is 139 Å². The van der Waals surface area contributed by atoms with Crippen LogP contribution in [0.1, 0.15) is 11.6 Å². The van der Waals surface area contributed by atoms with E-state index in [1.54, 1.807) is 6.07 Å². The third-order valence-electron chi connectivity index (χ3n) is 3.81. The first-order valence-corrected chi connectivity index (χ1v) is 7.65. The average Bonchev–Trinajstić information content (AvgIpc) is 2.60. The van der Waals surface area contributed by atoms with Crippen molar-refractivity contribution in [1.29, 1.82) is 0 Å². The standard InChI is InChI=1S/C18H17FN2O3/c19-14-7-4-8-15(11-14)24-12-16(22)21-10-9-20-18(23)17(21)13-5-2-1-3-6-13/h1-8,11,17H,9-10,12H2,(H,20,23). The predicted octanol–water partition coefficient (Wildman–Crippen LogP) is 1.90. The predicted molar refractivity (Wildman–Crippen MR) is 85.8 cm³/mol. The molecule has 0 bridgehead atoms. The van der Waals surface area contributed by atoms with E-state index in [-0.39, 0.29) is 24.2 Å². The van der Waals surface area contributed by atoms with Gasteiger partial charge in [-0.15, -0.1) is 0 Å². The Balaban J connectivity index is 1.73. The van der Waals surface area contributed by atoms with E-state index < -0.39 is 11.9 Å². The fourth-order valence-corrected chi connectivity index (χ4v) is 2.69. The molecule has 5 nitrogen and oxygen atoms in total. The van der Waals surface area contributed by atoms with Crippen LogP contribution < -0.4 is 10.1 Å². The molecule has 1 fully saturated rings. The van der Waals surface area contributed by atoms with Gasteiger partial charge in [-0.2, -0.15) is 0 Å². The van der Waals surface area contributed by atoms with Gasteiger partial charge >= 0.3 is 0 Å². The zero-order valence-corrected chi connectivity index (χ0v) is 12.9. The molecule has 6 heteroatoms. The molecule has 2 aromatic rings. The molecule has 1 saturated heterocycles. The maximum absolute atomic E-state index is 13.2. The summed E-state index contributed by atoms with van der Waals surface area (Å²) in [5.41, 5.74) is 0.744. The number of amides is 2. The summed E-state index contributed by atoms with van der Waals surface area (Å²) in [6, 6.07) is 14.0. The normalized spacial score (nSPS) is 17.3. The molecule has 0 aromatic heterocycles. The van der Waals surface area contributed by atoms with Crippen LogP contribution in [0.4, 0.5) is 4.39 Å². The van der Waals surface area contributed by atoms with Gasteiger partial charge < -0.3 is 15.0 Å². The molecule has 0 aliphatic carbocycles. The minimum absolute atomic E-state index is 0.216. The lowest BCUT2D eigenvalue weighted by atomic mass is 10.0. The number of benzene rings is 2. The van der Waals surface area contributed by atoms with Crippen molar-refractivity contribution in [3.8, 4) is 5.75 Å². The maximum Gasteiger partial charge on any atom is 0.261 e. The minimum atomic E-state index is -0.677. The van der Waals surface area contributed by atoms with Crippen LogP contribution in [-0.2, 0) is 9.59 Å². The van der Waals surface area contributed by atoms with Crippen molar-refractivity contribution in [3.63, 3.8) is 0 Å². The second-order valence-electron chi connectivity index (χ2n) is 5.44. The molecule has 124 valence electrons. The van der Waals surface area contributed by atoms with Gasteiger partial charge in [0.25, 0.3) is 5.91 Å². The molecule has 0 radical (unpaired) electrons. The van der Waals surface area contributed by atoms with E-state index in [1.165, 1.54) is 23.1 Å². The summed E-state index contributed by atoms with van der Waals surface area (Å²) in [5.74, 6) is -0.685. The van der Waals surface area contributed by atoms with E-state index in [4.69, 9.17) is 4.74 Å². The van der Waals surface area contributed by atoms with Gasteiger partial charge in [-0.3, -0.25) is 9.59 Å². The number of hydrogen-bond acceptors (Lipinski definition) is 3. The average molecular weight is 328 g/mol. The first-order valence-electron chi connectivity index (χ1n) is 7.65. The van der Waals surface area contributed by atoms with Crippen molar-refractivity contribution in [1.82, 2.24) is 10.2 Å². The number of hydrogen-bond donors (Lipinski definition) is 1. The Hall–Kier alpha value is -2.89. The quantitative estimate of drug-likeness (QED) is 0.933. The van der Waals surface area contributed by atoms with Crippen LogP contribution in [0.2, 0.25) is 0 Å². The maximum atomic E-state index is 13.2. The first kappa shape index (κ1) is 16.0. The Morgan fingerprint density at radius 3 is 2.75 bits per heavy atom. The summed E-state index contributed by atoms with van der Waals surface area (Å²) in [7, 11) is 0. The van der Waals surface area contributed by atoms with Crippen LogP contribution in [0.3, 0.4) is 0 Å². The van der Waals surface area contributed by atoms with Gasteiger partial charge in [0.2, 0.25) is 5.91 Å². The van der Waals surface area contributed by atoms with E-state index in [9.17, 15) is 14.0 Å². The highest BCUT2D eigenvalue weighted by atomic mass is 19.1. The summed E-state index contributed by atoms with van der Waals surface area (Å²) in [4.78, 5) is 26.2. The van der Waals surface area contributed by atoms with Crippen LogP contribution in [0.5, 0.6) is 5.75 Å². The largest absolute Gasteiger partial charge is 0.484 e. The molecular formula is C18H17FN2O3. The zero-order chi connectivity index (χ0) is 16.9. The molecule has 0 saturated carbocycles. The lowest BCUT2D eigenvalue weighted by Gasteiger charge is -2.35. The number of ether oxygens (including phenoxy) is 1. The highest BCUT2D eigenvalue weighted by Crippen LogP contribution is 2.23. The highest BCUT2D eigenvalue weighted by Gasteiger charge is 2.34. The number of nitrogens with one attached hydrogen (secondary N) is 1. The number of piperazine rings is 1. The fourth-order valence-electron chi connectivity index (χ4n) is 2.69. The molecule has 1 unspecified atom stereocenters. The number of rotatable bonds is 4. The Morgan fingerprint density at radius 1 is 1.21 bits per heavy atom. The van der Waals surface area contributed by atoms with Gasteiger partial charge in [0, 0.05) is 19.2 Å². The number of halogens is 1. The van der Waals surface area contributed by atoms with Crippen molar-refractivity contribution >= 4 is 11.8 Å². The zero-order valence-electron chi connectivity index (χ0n) is 12.9. The monoisotopic (exact) mass is 328 g/mol. The second-order valence-corrected chi connectivity index (χ2v) is 5.44. The van der Waals surface area contributed by atoms with Gasteiger partial charge in [0.05, 0.1) is 0 Å². The summed E-state index contributed by atoms with van der Waals surface area (Å²) in [6.45, 7) is 0.546. The van der Waals surface area contributed by atoms with Gasteiger partial charge in [-0.1, -0.05) is 36.4 Å². The van der Waals surface area contributed by atoms with Crippen molar-refractivity contribution < 1.29 is 18.7 Å². The van der Waals surface area contributed by atoms with E-state index in [0.717, 1.165) is 5.56 Å². The Kier molecular flexibility index (Phi) is 4.74. The topological polar surface area (TPSA) is 58.6 Å². The lowest BCUT2D eigenvalue weighted by Crippen LogP contribution is -2.53.